The number of hydrogen-bond donors (Lipinski definition) is 1. The lowest BCUT2D eigenvalue weighted by Gasteiger charge is -2.24. The zero-order valence-electron chi connectivity index (χ0n) is 9.83. The Morgan fingerprint density at radius 2 is 2.00 bits per heavy atom. The molecule has 1 aromatic rings. The van der Waals surface area contributed by atoms with E-state index in [9.17, 15) is 9.50 Å². The molecule has 0 radical (unpaired) electrons. The molecule has 0 aromatic heterocycles. The van der Waals surface area contributed by atoms with Crippen LogP contribution in [0.1, 0.15) is 50.2 Å². The molecular formula is C14H18ClFO. The molecule has 1 aliphatic carbocycles. The Morgan fingerprint density at radius 3 is 2.71 bits per heavy atom. The zero-order chi connectivity index (χ0) is 12.3. The molecule has 0 amide bonds. The highest BCUT2D eigenvalue weighted by atomic mass is 35.5. The van der Waals surface area contributed by atoms with Gasteiger partial charge in [-0.25, -0.2) is 4.39 Å². The molecule has 94 valence electrons. The highest BCUT2D eigenvalue weighted by molar-refractivity contribution is 6.30. The molecule has 2 rings (SSSR count). The fourth-order valence-corrected chi connectivity index (χ4v) is 2.82. The topological polar surface area (TPSA) is 20.2 Å². The summed E-state index contributed by atoms with van der Waals surface area (Å²) in [6.07, 6.45) is 5.98. The Bertz CT molecular complexity index is 374. The van der Waals surface area contributed by atoms with E-state index in [1.54, 1.807) is 0 Å². The highest BCUT2D eigenvalue weighted by Gasteiger charge is 2.20. The number of hydrogen-bond acceptors (Lipinski definition) is 1. The maximum Gasteiger partial charge on any atom is 0.129 e. The van der Waals surface area contributed by atoms with Crippen LogP contribution in [0.3, 0.4) is 0 Å². The first kappa shape index (κ1) is 12.8. The molecule has 0 spiro atoms. The second kappa shape index (κ2) is 5.83. The van der Waals surface area contributed by atoms with Gasteiger partial charge in [-0.2, -0.15) is 0 Å². The van der Waals surface area contributed by atoms with Crippen LogP contribution in [0.5, 0.6) is 0 Å². The summed E-state index contributed by atoms with van der Waals surface area (Å²) in [6.45, 7) is 0. The monoisotopic (exact) mass is 256 g/mol. The highest BCUT2D eigenvalue weighted by Crippen LogP contribution is 2.33. The van der Waals surface area contributed by atoms with Crippen molar-refractivity contribution in [3.8, 4) is 0 Å². The predicted molar refractivity (Wildman–Crippen MR) is 67.6 cm³/mol. The number of benzene rings is 1. The van der Waals surface area contributed by atoms with Crippen LogP contribution in [0.15, 0.2) is 18.2 Å². The summed E-state index contributed by atoms with van der Waals surface area (Å²) in [7, 11) is 0. The van der Waals surface area contributed by atoms with Gasteiger partial charge in [0.15, 0.2) is 0 Å². The first-order valence-electron chi connectivity index (χ1n) is 6.30. The van der Waals surface area contributed by atoms with E-state index in [2.05, 4.69) is 0 Å². The van der Waals surface area contributed by atoms with Crippen molar-refractivity contribution in [3.05, 3.63) is 34.6 Å². The minimum atomic E-state index is -0.725. The van der Waals surface area contributed by atoms with Crippen molar-refractivity contribution < 1.29 is 9.50 Å². The molecule has 1 aliphatic rings. The molecule has 1 atom stereocenters. The van der Waals surface area contributed by atoms with Crippen LogP contribution in [0.2, 0.25) is 5.02 Å². The minimum absolute atomic E-state index is 0.336. The van der Waals surface area contributed by atoms with Gasteiger partial charge in [-0.1, -0.05) is 43.7 Å². The normalized spacial score (nSPS) is 19.2. The fourth-order valence-electron chi connectivity index (χ4n) is 2.64. The lowest BCUT2D eigenvalue weighted by molar-refractivity contribution is 0.128. The van der Waals surface area contributed by atoms with Gasteiger partial charge in [0.05, 0.1) is 6.10 Å². The second-order valence-electron chi connectivity index (χ2n) is 4.92. The van der Waals surface area contributed by atoms with Gasteiger partial charge in [0.25, 0.3) is 0 Å². The van der Waals surface area contributed by atoms with Gasteiger partial charge >= 0.3 is 0 Å². The summed E-state index contributed by atoms with van der Waals surface area (Å²) in [5.41, 5.74) is 0.336. The number of aliphatic hydroxyl groups excluding tert-OH is 1. The van der Waals surface area contributed by atoms with E-state index in [0.29, 0.717) is 22.9 Å². The summed E-state index contributed by atoms with van der Waals surface area (Å²) in [6, 6.07) is 4.36. The van der Waals surface area contributed by atoms with Gasteiger partial charge in [-0.05, 0) is 30.5 Å². The maximum absolute atomic E-state index is 13.6. The molecule has 1 N–H and O–H groups in total. The van der Waals surface area contributed by atoms with Crippen LogP contribution >= 0.6 is 11.6 Å². The lowest BCUT2D eigenvalue weighted by Crippen LogP contribution is -2.12. The van der Waals surface area contributed by atoms with Crippen molar-refractivity contribution >= 4 is 11.6 Å². The van der Waals surface area contributed by atoms with Gasteiger partial charge in [0.2, 0.25) is 0 Å². The van der Waals surface area contributed by atoms with E-state index in [1.807, 2.05) is 0 Å². The predicted octanol–water partition coefficient (Wildman–Crippen LogP) is 4.48. The minimum Gasteiger partial charge on any atom is -0.388 e. The third-order valence-corrected chi connectivity index (χ3v) is 3.83. The molecular weight excluding hydrogens is 239 g/mol. The molecule has 0 heterocycles. The van der Waals surface area contributed by atoms with Crippen LogP contribution in [-0.2, 0) is 0 Å². The standard InChI is InChI=1S/C14H18ClFO/c15-11-6-7-13(16)12(9-11)14(17)8-10-4-2-1-3-5-10/h6-7,9-10,14,17H,1-5,8H2. The molecule has 3 heteroatoms. The van der Waals surface area contributed by atoms with Gasteiger partial charge in [0, 0.05) is 10.6 Å². The van der Waals surface area contributed by atoms with Crippen LogP contribution in [-0.4, -0.2) is 5.11 Å². The smallest absolute Gasteiger partial charge is 0.129 e. The molecule has 1 aromatic carbocycles. The molecule has 1 nitrogen and oxygen atoms in total. The summed E-state index contributed by atoms with van der Waals surface area (Å²) in [5.74, 6) is 0.162. The van der Waals surface area contributed by atoms with Crippen LogP contribution < -0.4 is 0 Å². The first-order chi connectivity index (χ1) is 8.16. The van der Waals surface area contributed by atoms with Crippen molar-refractivity contribution in [2.45, 2.75) is 44.6 Å². The van der Waals surface area contributed by atoms with Crippen LogP contribution in [0.25, 0.3) is 0 Å². The first-order valence-corrected chi connectivity index (χ1v) is 6.67. The van der Waals surface area contributed by atoms with Gasteiger partial charge < -0.3 is 5.11 Å². The summed E-state index contributed by atoms with van der Waals surface area (Å²) >= 11 is 5.83. The SMILES string of the molecule is OC(CC1CCCCC1)c1cc(Cl)ccc1F. The van der Waals surface area contributed by atoms with E-state index < -0.39 is 6.10 Å². The van der Waals surface area contributed by atoms with Crippen molar-refractivity contribution in [2.75, 3.05) is 0 Å². The molecule has 0 saturated heterocycles. The maximum atomic E-state index is 13.6. The molecule has 0 aliphatic heterocycles. The summed E-state index contributed by atoms with van der Waals surface area (Å²) in [5, 5.41) is 10.6. The van der Waals surface area contributed by atoms with Crippen molar-refractivity contribution in [2.24, 2.45) is 5.92 Å². The Morgan fingerprint density at radius 1 is 1.29 bits per heavy atom. The summed E-state index contributed by atoms with van der Waals surface area (Å²) in [4.78, 5) is 0. The van der Waals surface area contributed by atoms with Crippen molar-refractivity contribution in [3.63, 3.8) is 0 Å². The zero-order valence-corrected chi connectivity index (χ0v) is 10.6. The van der Waals surface area contributed by atoms with Crippen molar-refractivity contribution in [1.29, 1.82) is 0 Å². The number of aliphatic hydroxyl groups is 1. The van der Waals surface area contributed by atoms with Gasteiger partial charge in [-0.3, -0.25) is 0 Å². The number of halogens is 2. The fraction of sp³-hybridized carbons (Fsp3) is 0.571. The van der Waals surface area contributed by atoms with E-state index in [4.69, 9.17) is 11.6 Å². The molecule has 1 saturated carbocycles. The molecule has 1 unspecified atom stereocenters. The van der Waals surface area contributed by atoms with E-state index in [-0.39, 0.29) is 5.82 Å². The van der Waals surface area contributed by atoms with E-state index >= 15 is 0 Å². The van der Waals surface area contributed by atoms with Crippen LogP contribution in [0, 0.1) is 11.7 Å². The Hall–Kier alpha value is -0.600. The second-order valence-corrected chi connectivity index (χ2v) is 5.36. The number of rotatable bonds is 3. The van der Waals surface area contributed by atoms with E-state index in [0.717, 1.165) is 12.8 Å². The average molecular weight is 257 g/mol. The average Bonchev–Trinajstić information content (AvgIpc) is 2.33. The largest absolute Gasteiger partial charge is 0.388 e. The van der Waals surface area contributed by atoms with Crippen molar-refractivity contribution in [1.82, 2.24) is 0 Å². The summed E-state index contributed by atoms with van der Waals surface area (Å²) < 4.78 is 13.6. The van der Waals surface area contributed by atoms with E-state index in [1.165, 1.54) is 37.5 Å². The van der Waals surface area contributed by atoms with Gasteiger partial charge in [-0.15, -0.1) is 0 Å². The third-order valence-electron chi connectivity index (χ3n) is 3.60. The Labute approximate surface area is 107 Å². The quantitative estimate of drug-likeness (QED) is 0.845. The lowest BCUT2D eigenvalue weighted by atomic mass is 9.84. The molecule has 0 bridgehead atoms. The molecule has 17 heavy (non-hydrogen) atoms. The van der Waals surface area contributed by atoms with Crippen LogP contribution in [0.4, 0.5) is 4.39 Å². The van der Waals surface area contributed by atoms with Gasteiger partial charge in [0.1, 0.15) is 5.82 Å². The third kappa shape index (κ3) is 3.43. The molecule has 1 fully saturated rings. The Kier molecular flexibility index (Phi) is 4.41. The Balaban J connectivity index is 2.02.